The van der Waals surface area contributed by atoms with Gasteiger partial charge in [-0.15, -0.1) is 0 Å². The Kier molecular flexibility index (Phi) is 3.06. The minimum Gasteiger partial charge on any atom is -0.508 e. The monoisotopic (exact) mass is 331 g/mol. The molecule has 0 spiro atoms. The topological polar surface area (TPSA) is 57.6 Å². The second-order valence-electron chi connectivity index (χ2n) is 4.56. The number of nitrogens with zero attached hydrogens (tertiary/aromatic N) is 1. The van der Waals surface area contributed by atoms with Gasteiger partial charge in [-0.3, -0.25) is 14.5 Å². The summed E-state index contributed by atoms with van der Waals surface area (Å²) >= 11 is 3.29. The SMILES string of the molecule is O=C1c2ccc(Br)cc2C(=O)N1Cc1cccc(O)c1. The number of amides is 2. The van der Waals surface area contributed by atoms with E-state index >= 15 is 0 Å². The second kappa shape index (κ2) is 4.76. The van der Waals surface area contributed by atoms with E-state index in [0.29, 0.717) is 16.7 Å². The van der Waals surface area contributed by atoms with E-state index in [4.69, 9.17) is 0 Å². The molecule has 1 N–H and O–H groups in total. The maximum absolute atomic E-state index is 12.3. The van der Waals surface area contributed by atoms with Crippen LogP contribution in [0.2, 0.25) is 0 Å². The molecule has 0 fully saturated rings. The Labute approximate surface area is 123 Å². The molecule has 0 aromatic heterocycles. The molecule has 0 aliphatic carbocycles. The van der Waals surface area contributed by atoms with Crippen LogP contribution in [0.25, 0.3) is 0 Å². The van der Waals surface area contributed by atoms with E-state index in [1.54, 1.807) is 42.5 Å². The number of imide groups is 1. The lowest BCUT2D eigenvalue weighted by Crippen LogP contribution is -2.29. The standard InChI is InChI=1S/C15H10BrNO3/c16-10-4-5-12-13(7-10)15(20)17(14(12)19)8-9-2-1-3-11(18)6-9/h1-7,18H,8H2. The Balaban J connectivity index is 1.94. The molecule has 1 aliphatic heterocycles. The molecule has 0 unspecified atom stereocenters. The number of aromatic hydroxyl groups is 1. The van der Waals surface area contributed by atoms with Crippen molar-refractivity contribution < 1.29 is 14.7 Å². The number of fused-ring (bicyclic) bond motifs is 1. The molecule has 0 atom stereocenters. The summed E-state index contributed by atoms with van der Waals surface area (Å²) in [6.45, 7) is 0.151. The lowest BCUT2D eigenvalue weighted by Gasteiger charge is -2.13. The van der Waals surface area contributed by atoms with Crippen molar-refractivity contribution in [2.24, 2.45) is 0 Å². The van der Waals surface area contributed by atoms with Crippen LogP contribution in [-0.2, 0) is 6.54 Å². The van der Waals surface area contributed by atoms with Crippen LogP contribution >= 0.6 is 15.9 Å². The summed E-state index contributed by atoms with van der Waals surface area (Å²) in [5.41, 5.74) is 1.53. The van der Waals surface area contributed by atoms with Crippen LogP contribution in [-0.4, -0.2) is 21.8 Å². The van der Waals surface area contributed by atoms with E-state index in [-0.39, 0.29) is 24.1 Å². The highest BCUT2D eigenvalue weighted by molar-refractivity contribution is 9.10. The van der Waals surface area contributed by atoms with Gasteiger partial charge in [0, 0.05) is 4.47 Å². The molecule has 3 rings (SSSR count). The molecule has 2 aromatic rings. The van der Waals surface area contributed by atoms with Crippen LogP contribution in [0.3, 0.4) is 0 Å². The number of halogens is 1. The van der Waals surface area contributed by atoms with Crippen LogP contribution in [0.15, 0.2) is 46.9 Å². The summed E-state index contributed by atoms with van der Waals surface area (Å²) in [6, 6.07) is 11.6. The van der Waals surface area contributed by atoms with Crippen molar-refractivity contribution in [3.63, 3.8) is 0 Å². The highest BCUT2D eigenvalue weighted by Crippen LogP contribution is 2.27. The molecule has 2 amide bonds. The van der Waals surface area contributed by atoms with E-state index in [0.717, 1.165) is 4.47 Å². The molecule has 1 aliphatic rings. The zero-order valence-corrected chi connectivity index (χ0v) is 11.9. The first-order valence-electron chi connectivity index (χ1n) is 6.00. The van der Waals surface area contributed by atoms with Crippen LogP contribution in [0, 0.1) is 0 Å². The fourth-order valence-corrected chi connectivity index (χ4v) is 2.61. The molecule has 100 valence electrons. The van der Waals surface area contributed by atoms with E-state index in [9.17, 15) is 14.7 Å². The first-order chi connectivity index (χ1) is 9.56. The third-order valence-corrected chi connectivity index (χ3v) is 3.68. The number of carbonyl (C=O) groups excluding carboxylic acids is 2. The van der Waals surface area contributed by atoms with Crippen molar-refractivity contribution in [1.82, 2.24) is 4.90 Å². The zero-order chi connectivity index (χ0) is 14.3. The number of rotatable bonds is 2. The van der Waals surface area contributed by atoms with Gasteiger partial charge < -0.3 is 5.11 Å². The number of hydrogen-bond donors (Lipinski definition) is 1. The van der Waals surface area contributed by atoms with Crippen molar-refractivity contribution in [2.75, 3.05) is 0 Å². The van der Waals surface area contributed by atoms with Crippen LogP contribution < -0.4 is 0 Å². The van der Waals surface area contributed by atoms with Gasteiger partial charge in [0.05, 0.1) is 17.7 Å². The number of hydrogen-bond acceptors (Lipinski definition) is 3. The van der Waals surface area contributed by atoms with E-state index < -0.39 is 0 Å². The molecular formula is C15H10BrNO3. The Hall–Kier alpha value is -2.14. The number of phenolic OH excluding ortho intramolecular Hbond substituents is 1. The Bertz CT molecular complexity index is 727. The largest absolute Gasteiger partial charge is 0.508 e. The maximum atomic E-state index is 12.3. The number of benzene rings is 2. The average Bonchev–Trinajstić information content (AvgIpc) is 2.64. The Morgan fingerprint density at radius 3 is 2.50 bits per heavy atom. The molecule has 0 radical (unpaired) electrons. The van der Waals surface area contributed by atoms with Crippen LogP contribution in [0.4, 0.5) is 0 Å². The number of phenols is 1. The molecule has 0 bridgehead atoms. The fourth-order valence-electron chi connectivity index (χ4n) is 2.24. The fraction of sp³-hybridized carbons (Fsp3) is 0.0667. The highest BCUT2D eigenvalue weighted by Gasteiger charge is 2.35. The second-order valence-corrected chi connectivity index (χ2v) is 5.47. The molecule has 0 saturated heterocycles. The van der Waals surface area contributed by atoms with Crippen molar-refractivity contribution in [1.29, 1.82) is 0 Å². The molecule has 1 heterocycles. The summed E-state index contributed by atoms with van der Waals surface area (Å²) in [5.74, 6) is -0.502. The normalized spacial score (nSPS) is 13.8. The highest BCUT2D eigenvalue weighted by atomic mass is 79.9. The minimum atomic E-state index is -0.311. The van der Waals surface area contributed by atoms with Gasteiger partial charge >= 0.3 is 0 Å². The van der Waals surface area contributed by atoms with Crippen molar-refractivity contribution in [3.05, 3.63) is 63.6 Å². The Morgan fingerprint density at radius 2 is 1.75 bits per heavy atom. The van der Waals surface area contributed by atoms with Gasteiger partial charge in [-0.1, -0.05) is 28.1 Å². The average molecular weight is 332 g/mol. The smallest absolute Gasteiger partial charge is 0.261 e. The third kappa shape index (κ3) is 2.10. The predicted molar refractivity (Wildman–Crippen MR) is 76.5 cm³/mol. The lowest BCUT2D eigenvalue weighted by atomic mass is 10.1. The number of carbonyl (C=O) groups is 2. The van der Waals surface area contributed by atoms with Gasteiger partial charge in [0.15, 0.2) is 0 Å². The maximum Gasteiger partial charge on any atom is 0.261 e. The van der Waals surface area contributed by atoms with Gasteiger partial charge in [-0.25, -0.2) is 0 Å². The summed E-state index contributed by atoms with van der Waals surface area (Å²) < 4.78 is 0.761. The van der Waals surface area contributed by atoms with E-state index in [2.05, 4.69) is 15.9 Å². The lowest BCUT2D eigenvalue weighted by molar-refractivity contribution is 0.0642. The molecule has 2 aromatic carbocycles. The van der Waals surface area contributed by atoms with Crippen LogP contribution in [0.1, 0.15) is 26.3 Å². The summed E-state index contributed by atoms with van der Waals surface area (Å²) in [4.78, 5) is 25.7. The zero-order valence-electron chi connectivity index (χ0n) is 10.3. The van der Waals surface area contributed by atoms with Gasteiger partial charge in [-0.05, 0) is 35.9 Å². The van der Waals surface area contributed by atoms with Gasteiger partial charge in [0.2, 0.25) is 0 Å². The predicted octanol–water partition coefficient (Wildman–Crippen LogP) is 2.95. The van der Waals surface area contributed by atoms with Crippen LogP contribution in [0.5, 0.6) is 5.75 Å². The summed E-state index contributed by atoms with van der Waals surface area (Å²) in [7, 11) is 0. The first-order valence-corrected chi connectivity index (χ1v) is 6.79. The first kappa shape index (κ1) is 12.9. The van der Waals surface area contributed by atoms with Crippen molar-refractivity contribution >= 4 is 27.7 Å². The molecule has 20 heavy (non-hydrogen) atoms. The van der Waals surface area contributed by atoms with Crippen molar-refractivity contribution in [3.8, 4) is 5.75 Å². The minimum absolute atomic E-state index is 0.113. The molecule has 4 nitrogen and oxygen atoms in total. The third-order valence-electron chi connectivity index (χ3n) is 3.18. The van der Waals surface area contributed by atoms with E-state index in [1.165, 1.54) is 4.90 Å². The molecule has 5 heteroatoms. The summed E-state index contributed by atoms with van der Waals surface area (Å²) in [5, 5.41) is 9.43. The quantitative estimate of drug-likeness (QED) is 0.861. The van der Waals surface area contributed by atoms with E-state index in [1.807, 2.05) is 0 Å². The van der Waals surface area contributed by atoms with Gasteiger partial charge in [0.1, 0.15) is 5.75 Å². The Morgan fingerprint density at radius 1 is 1.00 bits per heavy atom. The molecular weight excluding hydrogens is 322 g/mol. The van der Waals surface area contributed by atoms with Crippen molar-refractivity contribution in [2.45, 2.75) is 6.54 Å². The summed E-state index contributed by atoms with van der Waals surface area (Å²) in [6.07, 6.45) is 0. The van der Waals surface area contributed by atoms with Gasteiger partial charge in [-0.2, -0.15) is 0 Å². The van der Waals surface area contributed by atoms with Gasteiger partial charge in [0.25, 0.3) is 11.8 Å². The molecule has 0 saturated carbocycles.